The van der Waals surface area contributed by atoms with E-state index in [0.29, 0.717) is 56.9 Å². The average Bonchev–Trinajstić information content (AvgIpc) is 3.57. The van der Waals surface area contributed by atoms with E-state index >= 15 is 0 Å². The number of fused-ring (bicyclic) bond motifs is 2. The van der Waals surface area contributed by atoms with Crippen LogP contribution in [0.5, 0.6) is 11.5 Å². The number of urea groups is 1. The number of benzene rings is 1. The summed E-state index contributed by atoms with van der Waals surface area (Å²) in [4.78, 5) is 53.3. The predicted octanol–water partition coefficient (Wildman–Crippen LogP) is 1.62. The number of nitrogens with zero attached hydrogens (tertiary/aromatic N) is 2. The average molecular weight is 533 g/mol. The largest absolute Gasteiger partial charge is 0.454 e. The van der Waals surface area contributed by atoms with Crippen LogP contribution in [0.1, 0.15) is 31.2 Å². The zero-order valence-corrected chi connectivity index (χ0v) is 21.6. The fourth-order valence-electron chi connectivity index (χ4n) is 4.35. The summed E-state index contributed by atoms with van der Waals surface area (Å²) >= 11 is 1.37. The lowest BCUT2D eigenvalue weighted by Gasteiger charge is -2.41. The zero-order chi connectivity index (χ0) is 26.2. The molecule has 37 heavy (non-hydrogen) atoms. The van der Waals surface area contributed by atoms with Crippen molar-refractivity contribution in [2.75, 3.05) is 40.1 Å². The first-order valence-corrected chi connectivity index (χ1v) is 13.3. The molecule has 12 heteroatoms. The highest BCUT2D eigenvalue weighted by Gasteiger charge is 2.47. The highest BCUT2D eigenvalue weighted by Crippen LogP contribution is 2.34. The fraction of sp³-hybridized carbons (Fsp3) is 0.520. The topological polar surface area (TPSA) is 127 Å². The Balaban J connectivity index is 1.19. The van der Waals surface area contributed by atoms with Gasteiger partial charge in [0.1, 0.15) is 11.8 Å². The smallest absolute Gasteiger partial charge is 0.327 e. The Morgan fingerprint density at radius 1 is 1.11 bits per heavy atom. The third kappa shape index (κ3) is 6.75. The molecule has 1 aromatic rings. The number of methoxy groups -OCH3 is 1. The van der Waals surface area contributed by atoms with Crippen molar-refractivity contribution in [2.45, 2.75) is 43.5 Å². The van der Waals surface area contributed by atoms with Crippen LogP contribution in [0.15, 0.2) is 29.7 Å². The van der Waals surface area contributed by atoms with E-state index in [4.69, 9.17) is 14.2 Å². The molecule has 0 aromatic heterocycles. The lowest BCUT2D eigenvalue weighted by atomic mass is 10.1. The first kappa shape index (κ1) is 26.8. The molecule has 4 rings (SSSR count). The second-order valence-corrected chi connectivity index (χ2v) is 9.95. The zero-order valence-electron chi connectivity index (χ0n) is 20.8. The lowest BCUT2D eigenvalue weighted by Crippen LogP contribution is -2.63. The van der Waals surface area contributed by atoms with Crippen LogP contribution in [-0.2, 0) is 25.7 Å². The molecule has 0 radical (unpaired) electrons. The van der Waals surface area contributed by atoms with Crippen LogP contribution in [0.4, 0.5) is 4.79 Å². The van der Waals surface area contributed by atoms with Gasteiger partial charge in [0.25, 0.3) is 0 Å². The SMILES string of the molecule is COCCNC(=O)CN1C(=O)N(CCCCCC(=O)NCc2ccc3c(c2)OCO3)C(=O)C2SC=CC21. The van der Waals surface area contributed by atoms with E-state index in [-0.39, 0.29) is 37.6 Å². The second kappa shape index (κ2) is 12.8. The maximum absolute atomic E-state index is 13.1. The number of rotatable bonds is 13. The van der Waals surface area contributed by atoms with E-state index in [1.165, 1.54) is 21.6 Å². The van der Waals surface area contributed by atoms with Crippen molar-refractivity contribution >= 4 is 35.5 Å². The molecule has 11 nitrogen and oxygen atoms in total. The molecule has 2 unspecified atom stereocenters. The van der Waals surface area contributed by atoms with Crippen molar-refractivity contribution in [1.82, 2.24) is 20.4 Å². The number of thioether (sulfide) groups is 1. The number of imide groups is 1. The lowest BCUT2D eigenvalue weighted by molar-refractivity contribution is -0.133. The highest BCUT2D eigenvalue weighted by molar-refractivity contribution is 8.03. The number of ether oxygens (including phenoxy) is 3. The number of hydrogen-bond acceptors (Lipinski definition) is 8. The molecule has 0 aliphatic carbocycles. The van der Waals surface area contributed by atoms with Crippen LogP contribution >= 0.6 is 11.8 Å². The first-order chi connectivity index (χ1) is 18.0. The summed E-state index contributed by atoms with van der Waals surface area (Å²) in [7, 11) is 1.54. The van der Waals surface area contributed by atoms with Crippen molar-refractivity contribution in [2.24, 2.45) is 0 Å². The van der Waals surface area contributed by atoms with Crippen molar-refractivity contribution in [3.05, 3.63) is 35.2 Å². The van der Waals surface area contributed by atoms with Crippen LogP contribution in [-0.4, -0.2) is 85.0 Å². The summed E-state index contributed by atoms with van der Waals surface area (Å²) in [6, 6.07) is 4.68. The summed E-state index contributed by atoms with van der Waals surface area (Å²) < 4.78 is 15.6. The molecule has 2 N–H and O–H groups in total. The van der Waals surface area contributed by atoms with Gasteiger partial charge >= 0.3 is 6.03 Å². The first-order valence-electron chi connectivity index (χ1n) is 12.3. The quantitative estimate of drug-likeness (QED) is 0.367. The Morgan fingerprint density at radius 3 is 2.78 bits per heavy atom. The van der Waals surface area contributed by atoms with Gasteiger partial charge in [0.2, 0.25) is 24.5 Å². The Hall–Kier alpha value is -3.25. The number of carbonyl (C=O) groups excluding carboxylic acids is 4. The van der Waals surface area contributed by atoms with Gasteiger partial charge in [-0.1, -0.05) is 18.6 Å². The maximum Gasteiger partial charge on any atom is 0.327 e. The molecule has 200 valence electrons. The molecule has 0 saturated carbocycles. The molecule has 1 fully saturated rings. The van der Waals surface area contributed by atoms with Gasteiger partial charge in [0.15, 0.2) is 11.5 Å². The standard InChI is InChI=1S/C25H32N4O7S/c1-34-11-9-26-22(31)15-29-18-8-12-37-23(18)24(32)28(25(29)33)10-4-2-3-5-21(30)27-14-17-6-7-19-20(13-17)36-16-35-19/h6-8,12-13,18,23H,2-5,9-11,14-16H2,1H3,(H,26,31)(H,27,30). The number of unbranched alkanes of at least 4 members (excludes halogenated alkanes) is 2. The predicted molar refractivity (Wildman–Crippen MR) is 136 cm³/mol. The fourth-order valence-corrected chi connectivity index (χ4v) is 5.41. The second-order valence-electron chi connectivity index (χ2n) is 8.89. The summed E-state index contributed by atoms with van der Waals surface area (Å²) in [5, 5.41) is 6.98. The van der Waals surface area contributed by atoms with Gasteiger partial charge in [-0.2, -0.15) is 0 Å². The van der Waals surface area contributed by atoms with Gasteiger partial charge in [-0.05, 0) is 35.9 Å². The Kier molecular flexibility index (Phi) is 9.29. The minimum atomic E-state index is -0.457. The summed E-state index contributed by atoms with van der Waals surface area (Å²) in [6.07, 6.45) is 4.05. The van der Waals surface area contributed by atoms with Crippen LogP contribution < -0.4 is 20.1 Å². The summed E-state index contributed by atoms with van der Waals surface area (Å²) in [5.74, 6) is 0.784. The molecule has 3 aliphatic heterocycles. The van der Waals surface area contributed by atoms with E-state index in [1.807, 2.05) is 23.6 Å². The molecular weight excluding hydrogens is 500 g/mol. The van der Waals surface area contributed by atoms with Gasteiger partial charge in [-0.3, -0.25) is 19.3 Å². The van der Waals surface area contributed by atoms with Crippen molar-refractivity contribution in [3.63, 3.8) is 0 Å². The van der Waals surface area contributed by atoms with Crippen molar-refractivity contribution < 1.29 is 33.4 Å². The van der Waals surface area contributed by atoms with Gasteiger partial charge in [0.05, 0.1) is 12.6 Å². The molecule has 2 atom stereocenters. The van der Waals surface area contributed by atoms with Gasteiger partial charge in [-0.25, -0.2) is 4.79 Å². The molecular formula is C25H32N4O7S. The third-order valence-corrected chi connectivity index (χ3v) is 7.40. The third-order valence-electron chi connectivity index (χ3n) is 6.31. The maximum atomic E-state index is 13.1. The van der Waals surface area contributed by atoms with E-state index < -0.39 is 17.3 Å². The number of carbonyl (C=O) groups is 4. The summed E-state index contributed by atoms with van der Waals surface area (Å²) in [6.45, 7) is 1.46. The van der Waals surface area contributed by atoms with Gasteiger partial charge in [-0.15, -0.1) is 11.8 Å². The van der Waals surface area contributed by atoms with Gasteiger partial charge in [0, 0.05) is 33.2 Å². The molecule has 1 saturated heterocycles. The van der Waals surface area contributed by atoms with Crippen molar-refractivity contribution in [1.29, 1.82) is 0 Å². The monoisotopic (exact) mass is 532 g/mol. The van der Waals surface area contributed by atoms with Crippen molar-refractivity contribution in [3.8, 4) is 11.5 Å². The van der Waals surface area contributed by atoms with Crippen LogP contribution in [0, 0.1) is 0 Å². The Morgan fingerprint density at radius 2 is 1.95 bits per heavy atom. The Labute approximate surface area is 219 Å². The number of amides is 5. The van der Waals surface area contributed by atoms with E-state index in [0.717, 1.165) is 5.56 Å². The van der Waals surface area contributed by atoms with Crippen LogP contribution in [0.3, 0.4) is 0 Å². The number of hydrogen-bond donors (Lipinski definition) is 2. The Bertz CT molecular complexity index is 1050. The molecule has 3 heterocycles. The molecule has 1 aromatic carbocycles. The molecule has 5 amide bonds. The molecule has 0 spiro atoms. The minimum absolute atomic E-state index is 0.0651. The van der Waals surface area contributed by atoms with Crippen LogP contribution in [0.25, 0.3) is 0 Å². The normalized spacial score (nSPS) is 19.8. The molecule has 3 aliphatic rings. The molecule has 0 bridgehead atoms. The van der Waals surface area contributed by atoms with E-state index in [2.05, 4.69) is 10.6 Å². The minimum Gasteiger partial charge on any atom is -0.454 e. The highest BCUT2D eigenvalue weighted by atomic mass is 32.2. The van der Waals surface area contributed by atoms with Crippen LogP contribution in [0.2, 0.25) is 0 Å². The van der Waals surface area contributed by atoms with Gasteiger partial charge < -0.3 is 29.7 Å². The summed E-state index contributed by atoms with van der Waals surface area (Å²) in [5.41, 5.74) is 0.925. The number of nitrogens with one attached hydrogen (secondary N) is 2. The van der Waals surface area contributed by atoms with E-state index in [1.54, 1.807) is 13.2 Å². The van der Waals surface area contributed by atoms with E-state index in [9.17, 15) is 19.2 Å².